The molecular formula is C27H40N4O4S. The number of aryl methyl sites for hydroxylation is 3. The third-order valence-corrected chi connectivity index (χ3v) is 7.87. The Balaban J connectivity index is 2.53. The van der Waals surface area contributed by atoms with Crippen molar-refractivity contribution in [2.24, 2.45) is 0 Å². The van der Waals surface area contributed by atoms with E-state index in [2.05, 4.69) is 5.32 Å². The van der Waals surface area contributed by atoms with Gasteiger partial charge in [0.15, 0.2) is 0 Å². The highest BCUT2D eigenvalue weighted by Crippen LogP contribution is 2.26. The molecule has 2 rings (SSSR count). The summed E-state index contributed by atoms with van der Waals surface area (Å²) >= 11 is 0. The van der Waals surface area contributed by atoms with Gasteiger partial charge in [-0.05, 0) is 56.4 Å². The molecule has 1 N–H and O–H groups in total. The zero-order chi connectivity index (χ0) is 27.0. The lowest BCUT2D eigenvalue weighted by Crippen LogP contribution is -2.53. The Kier molecular flexibility index (Phi) is 10.5. The molecular weight excluding hydrogens is 476 g/mol. The van der Waals surface area contributed by atoms with Gasteiger partial charge >= 0.3 is 10.2 Å². The first-order valence-corrected chi connectivity index (χ1v) is 13.7. The smallest absolute Gasteiger partial charge is 0.304 e. The third-order valence-electron chi connectivity index (χ3n) is 6.06. The molecule has 0 aliphatic carbocycles. The number of benzene rings is 2. The number of carbonyl (C=O) groups is 2. The minimum absolute atomic E-state index is 0.194. The lowest BCUT2D eigenvalue weighted by Gasteiger charge is -2.34. The maximum atomic E-state index is 13.9. The van der Waals surface area contributed by atoms with Crippen LogP contribution in [0.2, 0.25) is 0 Å². The molecule has 0 saturated heterocycles. The van der Waals surface area contributed by atoms with Crippen molar-refractivity contribution in [3.63, 3.8) is 0 Å². The number of hydrogen-bond acceptors (Lipinski definition) is 4. The largest absolute Gasteiger partial charge is 0.354 e. The molecule has 1 atom stereocenters. The molecule has 0 aliphatic heterocycles. The Morgan fingerprint density at radius 3 is 2.11 bits per heavy atom. The average Bonchev–Trinajstić information content (AvgIpc) is 2.83. The summed E-state index contributed by atoms with van der Waals surface area (Å²) in [6.07, 6.45) is 1.17. The van der Waals surface area contributed by atoms with E-state index in [9.17, 15) is 18.0 Å². The van der Waals surface area contributed by atoms with Crippen LogP contribution in [0, 0.1) is 20.8 Å². The normalized spacial score (nSPS) is 12.3. The van der Waals surface area contributed by atoms with E-state index in [-0.39, 0.29) is 12.5 Å². The fourth-order valence-electron chi connectivity index (χ4n) is 3.87. The predicted octanol–water partition coefficient (Wildman–Crippen LogP) is 3.56. The number of carbonyl (C=O) groups excluding carboxylic acids is 2. The van der Waals surface area contributed by atoms with Crippen LogP contribution in [0.25, 0.3) is 0 Å². The molecule has 2 amide bonds. The summed E-state index contributed by atoms with van der Waals surface area (Å²) in [4.78, 5) is 28.4. The molecule has 2 aromatic carbocycles. The van der Waals surface area contributed by atoms with Crippen molar-refractivity contribution < 1.29 is 18.0 Å². The lowest BCUT2D eigenvalue weighted by molar-refractivity contribution is -0.140. The average molecular weight is 517 g/mol. The molecule has 0 saturated carbocycles. The monoisotopic (exact) mass is 516 g/mol. The standard InChI is InChI=1S/C27H40N4O4S/c1-8-16-28-27(33)24(9-2)30(18-23-14-11-20(3)12-15-23)26(32)19-31(36(34,35)29(6)7)25-17-21(4)10-13-22(25)5/h10-15,17,24H,8-9,16,18-19H2,1-7H3,(H,28,33). The van der Waals surface area contributed by atoms with Gasteiger partial charge in [0.05, 0.1) is 5.69 Å². The van der Waals surface area contributed by atoms with Gasteiger partial charge in [-0.3, -0.25) is 9.59 Å². The summed E-state index contributed by atoms with van der Waals surface area (Å²) in [5.74, 6) is -0.686. The van der Waals surface area contributed by atoms with Crippen LogP contribution in [0.5, 0.6) is 0 Å². The Bertz CT molecular complexity index is 1150. The second kappa shape index (κ2) is 12.9. The minimum Gasteiger partial charge on any atom is -0.354 e. The van der Waals surface area contributed by atoms with Crippen molar-refractivity contribution in [2.45, 2.75) is 60.0 Å². The fraction of sp³-hybridized carbons (Fsp3) is 0.481. The van der Waals surface area contributed by atoms with Gasteiger partial charge in [0, 0.05) is 27.2 Å². The molecule has 36 heavy (non-hydrogen) atoms. The van der Waals surface area contributed by atoms with E-state index in [4.69, 9.17) is 0 Å². The van der Waals surface area contributed by atoms with E-state index in [1.54, 1.807) is 6.07 Å². The molecule has 0 aliphatic rings. The molecule has 0 bridgehead atoms. The SMILES string of the molecule is CCCNC(=O)C(CC)N(Cc1ccc(C)cc1)C(=O)CN(c1cc(C)ccc1C)S(=O)(=O)N(C)C. The highest BCUT2D eigenvalue weighted by atomic mass is 32.2. The molecule has 2 aromatic rings. The van der Waals surface area contributed by atoms with Crippen molar-refractivity contribution in [3.8, 4) is 0 Å². The van der Waals surface area contributed by atoms with Crippen molar-refractivity contribution in [3.05, 3.63) is 64.7 Å². The van der Waals surface area contributed by atoms with Gasteiger partial charge < -0.3 is 10.2 Å². The van der Waals surface area contributed by atoms with Crippen LogP contribution in [0.4, 0.5) is 5.69 Å². The summed E-state index contributed by atoms with van der Waals surface area (Å²) in [5, 5.41) is 2.89. The first-order valence-electron chi connectivity index (χ1n) is 12.3. The van der Waals surface area contributed by atoms with Gasteiger partial charge in [-0.2, -0.15) is 12.7 Å². The van der Waals surface area contributed by atoms with Crippen LogP contribution >= 0.6 is 0 Å². The molecule has 9 heteroatoms. The third kappa shape index (κ3) is 7.30. The topological polar surface area (TPSA) is 90.0 Å². The summed E-state index contributed by atoms with van der Waals surface area (Å²) in [6.45, 7) is 9.76. The number of rotatable bonds is 12. The highest BCUT2D eigenvalue weighted by molar-refractivity contribution is 7.90. The Labute approximate surface area is 216 Å². The van der Waals surface area contributed by atoms with E-state index in [0.29, 0.717) is 18.7 Å². The summed E-state index contributed by atoms with van der Waals surface area (Å²) in [6, 6.07) is 12.5. The Morgan fingerprint density at radius 2 is 1.56 bits per heavy atom. The summed E-state index contributed by atoms with van der Waals surface area (Å²) < 4.78 is 29.0. The van der Waals surface area contributed by atoms with Gasteiger partial charge in [0.1, 0.15) is 12.6 Å². The fourth-order valence-corrected chi connectivity index (χ4v) is 4.98. The molecule has 0 aromatic heterocycles. The highest BCUT2D eigenvalue weighted by Gasteiger charge is 2.34. The lowest BCUT2D eigenvalue weighted by atomic mass is 10.1. The predicted molar refractivity (Wildman–Crippen MR) is 145 cm³/mol. The molecule has 198 valence electrons. The molecule has 0 spiro atoms. The first kappa shape index (κ1) is 29.3. The number of hydrogen-bond donors (Lipinski definition) is 1. The summed E-state index contributed by atoms with van der Waals surface area (Å²) in [7, 11) is -1.11. The Hall–Kier alpha value is -2.91. The maximum Gasteiger partial charge on any atom is 0.304 e. The van der Waals surface area contributed by atoms with Gasteiger partial charge in [0.25, 0.3) is 0 Å². The van der Waals surface area contributed by atoms with Crippen molar-refractivity contribution in [1.82, 2.24) is 14.5 Å². The van der Waals surface area contributed by atoms with Crippen LogP contribution in [-0.4, -0.2) is 62.7 Å². The zero-order valence-corrected chi connectivity index (χ0v) is 23.4. The van der Waals surface area contributed by atoms with Crippen LogP contribution in [-0.2, 0) is 26.3 Å². The number of amides is 2. The summed E-state index contributed by atoms with van der Waals surface area (Å²) in [5.41, 5.74) is 4.00. The molecule has 8 nitrogen and oxygen atoms in total. The van der Waals surface area contributed by atoms with Gasteiger partial charge in [-0.1, -0.05) is 55.8 Å². The van der Waals surface area contributed by atoms with Crippen LogP contribution < -0.4 is 9.62 Å². The van der Waals surface area contributed by atoms with E-state index < -0.39 is 28.7 Å². The van der Waals surface area contributed by atoms with E-state index in [1.165, 1.54) is 19.0 Å². The minimum atomic E-state index is -3.99. The Morgan fingerprint density at radius 1 is 0.944 bits per heavy atom. The molecule has 0 fully saturated rings. The van der Waals surface area contributed by atoms with Crippen LogP contribution in [0.15, 0.2) is 42.5 Å². The van der Waals surface area contributed by atoms with Crippen molar-refractivity contribution >= 4 is 27.7 Å². The van der Waals surface area contributed by atoms with E-state index in [1.807, 2.05) is 71.0 Å². The van der Waals surface area contributed by atoms with Gasteiger partial charge in [-0.15, -0.1) is 0 Å². The van der Waals surface area contributed by atoms with Crippen molar-refractivity contribution in [2.75, 3.05) is 31.5 Å². The zero-order valence-electron chi connectivity index (χ0n) is 22.5. The van der Waals surface area contributed by atoms with Gasteiger partial charge in [0.2, 0.25) is 11.8 Å². The van der Waals surface area contributed by atoms with Crippen LogP contribution in [0.3, 0.4) is 0 Å². The first-order chi connectivity index (χ1) is 16.9. The van der Waals surface area contributed by atoms with E-state index in [0.717, 1.165) is 37.3 Å². The number of anilines is 1. The maximum absolute atomic E-state index is 13.9. The second-order valence-corrected chi connectivity index (χ2v) is 11.4. The van der Waals surface area contributed by atoms with Crippen LogP contribution in [0.1, 0.15) is 48.9 Å². The van der Waals surface area contributed by atoms with Gasteiger partial charge in [-0.25, -0.2) is 4.31 Å². The number of nitrogens with one attached hydrogen (secondary N) is 1. The number of nitrogens with zero attached hydrogens (tertiary/aromatic N) is 3. The van der Waals surface area contributed by atoms with Crippen molar-refractivity contribution in [1.29, 1.82) is 0 Å². The molecule has 1 unspecified atom stereocenters. The second-order valence-electron chi connectivity index (χ2n) is 9.31. The molecule has 0 heterocycles. The van der Waals surface area contributed by atoms with E-state index >= 15 is 0 Å². The molecule has 0 radical (unpaired) electrons. The quantitative estimate of drug-likeness (QED) is 0.467.